The summed E-state index contributed by atoms with van der Waals surface area (Å²) in [6, 6.07) is 6.46. The van der Waals surface area contributed by atoms with Crippen LogP contribution >= 0.6 is 24.0 Å². The molecule has 4 nitrogen and oxygen atoms in total. The van der Waals surface area contributed by atoms with E-state index in [-0.39, 0.29) is 41.0 Å². The quantitative estimate of drug-likeness (QED) is 0.446. The van der Waals surface area contributed by atoms with Crippen molar-refractivity contribution in [3.63, 3.8) is 0 Å². The Bertz CT molecular complexity index is 551. The zero-order valence-electron chi connectivity index (χ0n) is 14.4. The van der Waals surface area contributed by atoms with Gasteiger partial charge in [0.1, 0.15) is 0 Å². The summed E-state index contributed by atoms with van der Waals surface area (Å²) in [6.07, 6.45) is 0.895. The first kappa shape index (κ1) is 19.2. The fourth-order valence-electron chi connectivity index (χ4n) is 3.06. The summed E-state index contributed by atoms with van der Waals surface area (Å²) in [5.41, 5.74) is 9.33. The standard InChI is InChI=1S/C17H27N3O.HI/c1-11-7-12(2)9-13(8-11)19-15(18)20-14-10-17(5,21-6)16(14,3)4;/h7-9,14H,10H2,1-6H3,(H3,18,19,20);1H. The van der Waals surface area contributed by atoms with Crippen molar-refractivity contribution in [3.8, 4) is 0 Å². The van der Waals surface area contributed by atoms with Crippen molar-refractivity contribution < 1.29 is 4.74 Å². The molecule has 0 radical (unpaired) electrons. The van der Waals surface area contributed by atoms with Gasteiger partial charge in [-0.1, -0.05) is 19.9 Å². The van der Waals surface area contributed by atoms with Gasteiger partial charge in [0.15, 0.2) is 5.96 Å². The summed E-state index contributed by atoms with van der Waals surface area (Å²) in [7, 11) is 1.76. The molecule has 1 saturated carbocycles. The summed E-state index contributed by atoms with van der Waals surface area (Å²) >= 11 is 0. The molecule has 1 fully saturated rings. The fraction of sp³-hybridized carbons (Fsp3) is 0.588. The highest BCUT2D eigenvalue weighted by Gasteiger charge is 2.58. The van der Waals surface area contributed by atoms with E-state index >= 15 is 0 Å². The molecule has 0 saturated heterocycles. The number of rotatable bonds is 3. The molecular weight excluding hydrogens is 389 g/mol. The van der Waals surface area contributed by atoms with Crippen LogP contribution in [0.15, 0.2) is 23.2 Å². The Labute approximate surface area is 150 Å². The Balaban J connectivity index is 0.00000242. The molecule has 1 aliphatic carbocycles. The molecule has 2 rings (SSSR count). The summed E-state index contributed by atoms with van der Waals surface area (Å²) in [5.74, 6) is 0.469. The van der Waals surface area contributed by atoms with Crippen molar-refractivity contribution in [3.05, 3.63) is 29.3 Å². The van der Waals surface area contributed by atoms with E-state index in [1.165, 1.54) is 11.1 Å². The van der Waals surface area contributed by atoms with E-state index in [0.717, 1.165) is 12.1 Å². The van der Waals surface area contributed by atoms with Crippen LogP contribution in [0.4, 0.5) is 5.69 Å². The van der Waals surface area contributed by atoms with Gasteiger partial charge in [0.2, 0.25) is 0 Å². The number of halogens is 1. The molecule has 1 aromatic carbocycles. The monoisotopic (exact) mass is 417 g/mol. The summed E-state index contributed by atoms with van der Waals surface area (Å²) in [4.78, 5) is 4.64. The van der Waals surface area contributed by atoms with Gasteiger partial charge < -0.3 is 15.8 Å². The Hall–Kier alpha value is -0.820. The molecule has 2 atom stereocenters. The summed E-state index contributed by atoms with van der Waals surface area (Å²) < 4.78 is 5.62. The number of hydrogen-bond donors (Lipinski definition) is 2. The maximum Gasteiger partial charge on any atom is 0.193 e. The molecule has 124 valence electrons. The summed E-state index contributed by atoms with van der Waals surface area (Å²) in [6.45, 7) is 10.6. The molecule has 5 heteroatoms. The third-order valence-electron chi connectivity index (χ3n) is 5.02. The number of nitrogens with one attached hydrogen (secondary N) is 1. The number of nitrogens with two attached hydrogens (primary N) is 1. The fourth-order valence-corrected chi connectivity index (χ4v) is 3.06. The lowest BCUT2D eigenvalue weighted by atomic mass is 9.56. The molecule has 0 aromatic heterocycles. The van der Waals surface area contributed by atoms with Crippen molar-refractivity contribution >= 4 is 35.6 Å². The smallest absolute Gasteiger partial charge is 0.193 e. The molecule has 2 unspecified atom stereocenters. The first-order valence-corrected chi connectivity index (χ1v) is 7.42. The van der Waals surface area contributed by atoms with Crippen molar-refractivity contribution in [2.24, 2.45) is 16.1 Å². The number of aliphatic imine (C=N–C) groups is 1. The highest BCUT2D eigenvalue weighted by atomic mass is 127. The predicted octanol–water partition coefficient (Wildman–Crippen LogP) is 3.85. The largest absolute Gasteiger partial charge is 0.378 e. The van der Waals surface area contributed by atoms with E-state index < -0.39 is 0 Å². The molecule has 1 aromatic rings. The van der Waals surface area contributed by atoms with Gasteiger partial charge in [0, 0.05) is 18.2 Å². The second-order valence-corrected chi connectivity index (χ2v) is 6.89. The van der Waals surface area contributed by atoms with Gasteiger partial charge >= 0.3 is 0 Å². The zero-order chi connectivity index (χ0) is 15.8. The number of methoxy groups -OCH3 is 1. The van der Waals surface area contributed by atoms with E-state index in [9.17, 15) is 0 Å². The van der Waals surface area contributed by atoms with Crippen molar-refractivity contribution in [1.29, 1.82) is 0 Å². The average Bonchev–Trinajstić information content (AvgIpc) is 2.36. The van der Waals surface area contributed by atoms with Crippen molar-refractivity contribution in [2.75, 3.05) is 12.4 Å². The van der Waals surface area contributed by atoms with Gasteiger partial charge in [-0.2, -0.15) is 0 Å². The molecule has 0 bridgehead atoms. The van der Waals surface area contributed by atoms with E-state index in [4.69, 9.17) is 10.5 Å². The molecule has 22 heavy (non-hydrogen) atoms. The number of guanidine groups is 1. The molecule has 3 N–H and O–H groups in total. The van der Waals surface area contributed by atoms with Crippen molar-refractivity contribution in [2.45, 2.75) is 52.7 Å². The molecular formula is C17H28IN3O. The van der Waals surface area contributed by atoms with Gasteiger partial charge in [0.25, 0.3) is 0 Å². The van der Waals surface area contributed by atoms with Crippen LogP contribution in [0.2, 0.25) is 0 Å². The van der Waals surface area contributed by atoms with E-state index in [2.05, 4.69) is 63.1 Å². The minimum Gasteiger partial charge on any atom is -0.378 e. The van der Waals surface area contributed by atoms with Crippen LogP contribution < -0.4 is 11.1 Å². The minimum atomic E-state index is -0.124. The topological polar surface area (TPSA) is 59.6 Å². The first-order chi connectivity index (χ1) is 9.68. The minimum absolute atomic E-state index is 0. The number of anilines is 1. The highest BCUT2D eigenvalue weighted by Crippen LogP contribution is 2.53. The molecule has 0 amide bonds. The first-order valence-electron chi connectivity index (χ1n) is 7.42. The average molecular weight is 417 g/mol. The van der Waals surface area contributed by atoms with Crippen LogP contribution in [0.3, 0.4) is 0 Å². The number of ether oxygens (including phenoxy) is 1. The van der Waals surface area contributed by atoms with Crippen LogP contribution in [-0.2, 0) is 4.74 Å². The van der Waals surface area contributed by atoms with Crippen LogP contribution in [0.5, 0.6) is 0 Å². The van der Waals surface area contributed by atoms with Crippen LogP contribution in [0.25, 0.3) is 0 Å². The third-order valence-corrected chi connectivity index (χ3v) is 5.02. The van der Waals surface area contributed by atoms with E-state index in [1.54, 1.807) is 7.11 Å². The van der Waals surface area contributed by atoms with E-state index in [0.29, 0.717) is 5.96 Å². The molecule has 0 heterocycles. The van der Waals surface area contributed by atoms with Gasteiger partial charge in [-0.3, -0.25) is 0 Å². The normalized spacial score (nSPS) is 26.8. The number of nitrogens with zero attached hydrogens (tertiary/aromatic N) is 1. The molecule has 0 aliphatic heterocycles. The van der Waals surface area contributed by atoms with E-state index in [1.807, 2.05) is 0 Å². The second kappa shape index (κ2) is 6.74. The maximum atomic E-state index is 6.07. The van der Waals surface area contributed by atoms with Crippen LogP contribution in [0.1, 0.15) is 38.3 Å². The number of hydrogen-bond acceptors (Lipinski definition) is 2. The van der Waals surface area contributed by atoms with Crippen LogP contribution in [0, 0.1) is 19.3 Å². The van der Waals surface area contributed by atoms with Crippen LogP contribution in [-0.4, -0.2) is 24.7 Å². The van der Waals surface area contributed by atoms with Crippen molar-refractivity contribution in [1.82, 2.24) is 0 Å². The third kappa shape index (κ3) is 3.56. The lowest BCUT2D eigenvalue weighted by Gasteiger charge is -2.57. The lowest BCUT2D eigenvalue weighted by Crippen LogP contribution is -2.62. The van der Waals surface area contributed by atoms with Gasteiger partial charge in [-0.25, -0.2) is 4.99 Å². The SMILES string of the molecule is COC1(C)CC(N=C(N)Nc2cc(C)cc(C)c2)C1(C)C.I. The van der Waals surface area contributed by atoms with Gasteiger partial charge in [-0.15, -0.1) is 24.0 Å². The molecule has 1 aliphatic rings. The Morgan fingerprint density at radius 1 is 1.23 bits per heavy atom. The molecule has 0 spiro atoms. The second-order valence-electron chi connectivity index (χ2n) is 6.89. The lowest BCUT2D eigenvalue weighted by molar-refractivity contribution is -0.171. The Morgan fingerprint density at radius 3 is 2.23 bits per heavy atom. The summed E-state index contributed by atoms with van der Waals surface area (Å²) in [5, 5.41) is 3.19. The maximum absolute atomic E-state index is 6.07. The van der Waals surface area contributed by atoms with Gasteiger partial charge in [0.05, 0.1) is 11.6 Å². The Kier molecular flexibility index (Phi) is 5.89. The van der Waals surface area contributed by atoms with Gasteiger partial charge in [-0.05, 0) is 50.5 Å². The number of aryl methyl sites for hydroxylation is 2. The zero-order valence-corrected chi connectivity index (χ0v) is 16.7. The Morgan fingerprint density at radius 2 is 1.77 bits per heavy atom. The highest BCUT2D eigenvalue weighted by molar-refractivity contribution is 14.0. The predicted molar refractivity (Wildman–Crippen MR) is 104 cm³/mol. The number of benzene rings is 1.